The standard InChI is InChI=1S/C25H34N2O2/c1-5-17-26-25(29)20(4)27(18-23-10-8-7-9-19(23)3)24(28)16-15-22-13-11-21(6-2)12-14-22/h7-14,20H,5-6,15-18H2,1-4H3,(H,26,29)/t20-/m1/s1. The summed E-state index contributed by atoms with van der Waals surface area (Å²) in [5.74, 6) is -0.0898. The van der Waals surface area contributed by atoms with E-state index in [-0.39, 0.29) is 11.8 Å². The number of nitrogens with one attached hydrogen (secondary N) is 1. The lowest BCUT2D eigenvalue weighted by atomic mass is 10.0. The van der Waals surface area contributed by atoms with Crippen molar-refractivity contribution in [2.75, 3.05) is 6.54 Å². The Kier molecular flexibility index (Phi) is 8.91. The van der Waals surface area contributed by atoms with Crippen molar-refractivity contribution in [3.05, 3.63) is 70.8 Å². The molecule has 0 fully saturated rings. The van der Waals surface area contributed by atoms with Crippen LogP contribution in [0.4, 0.5) is 0 Å². The smallest absolute Gasteiger partial charge is 0.242 e. The summed E-state index contributed by atoms with van der Waals surface area (Å²) < 4.78 is 0. The third-order valence-corrected chi connectivity index (χ3v) is 5.38. The third-order valence-electron chi connectivity index (χ3n) is 5.38. The van der Waals surface area contributed by atoms with Crippen molar-refractivity contribution in [1.82, 2.24) is 10.2 Å². The average Bonchev–Trinajstić information content (AvgIpc) is 2.75. The molecular weight excluding hydrogens is 360 g/mol. The van der Waals surface area contributed by atoms with Gasteiger partial charge in [0.2, 0.25) is 11.8 Å². The predicted octanol–water partition coefficient (Wildman–Crippen LogP) is 4.43. The minimum Gasteiger partial charge on any atom is -0.354 e. The van der Waals surface area contributed by atoms with E-state index in [1.165, 1.54) is 5.56 Å². The van der Waals surface area contributed by atoms with Crippen LogP contribution in [-0.4, -0.2) is 29.3 Å². The Bertz CT molecular complexity index is 799. The molecule has 2 amide bonds. The van der Waals surface area contributed by atoms with Gasteiger partial charge in [-0.3, -0.25) is 9.59 Å². The summed E-state index contributed by atoms with van der Waals surface area (Å²) in [6.45, 7) is 9.07. The molecule has 0 aliphatic heterocycles. The Balaban J connectivity index is 2.12. The summed E-state index contributed by atoms with van der Waals surface area (Å²) in [7, 11) is 0. The van der Waals surface area contributed by atoms with Crippen LogP contribution in [0.25, 0.3) is 0 Å². The molecule has 1 N–H and O–H groups in total. The van der Waals surface area contributed by atoms with Crippen LogP contribution in [0, 0.1) is 6.92 Å². The monoisotopic (exact) mass is 394 g/mol. The molecule has 29 heavy (non-hydrogen) atoms. The lowest BCUT2D eigenvalue weighted by Gasteiger charge is -2.29. The molecule has 4 nitrogen and oxygen atoms in total. The minimum atomic E-state index is -0.504. The Morgan fingerprint density at radius 1 is 1.00 bits per heavy atom. The molecule has 0 bridgehead atoms. The van der Waals surface area contributed by atoms with Crippen molar-refractivity contribution in [3.8, 4) is 0 Å². The molecule has 0 spiro atoms. The van der Waals surface area contributed by atoms with Crippen LogP contribution in [0.1, 0.15) is 55.9 Å². The zero-order chi connectivity index (χ0) is 21.2. The van der Waals surface area contributed by atoms with E-state index in [0.717, 1.165) is 29.5 Å². The summed E-state index contributed by atoms with van der Waals surface area (Å²) >= 11 is 0. The fourth-order valence-electron chi connectivity index (χ4n) is 3.29. The highest BCUT2D eigenvalue weighted by Crippen LogP contribution is 2.16. The van der Waals surface area contributed by atoms with Crippen LogP contribution in [0.15, 0.2) is 48.5 Å². The van der Waals surface area contributed by atoms with Crippen molar-refractivity contribution in [3.63, 3.8) is 0 Å². The molecule has 2 aromatic carbocycles. The molecule has 1 atom stereocenters. The number of benzene rings is 2. The molecule has 0 aliphatic rings. The Morgan fingerprint density at radius 3 is 2.28 bits per heavy atom. The van der Waals surface area contributed by atoms with Gasteiger partial charge in [-0.05, 0) is 55.4 Å². The quantitative estimate of drug-likeness (QED) is 0.648. The summed E-state index contributed by atoms with van der Waals surface area (Å²) in [5.41, 5.74) is 4.64. The van der Waals surface area contributed by atoms with E-state index in [1.54, 1.807) is 4.90 Å². The van der Waals surface area contributed by atoms with Crippen molar-refractivity contribution in [2.45, 2.75) is 66.0 Å². The molecule has 0 radical (unpaired) electrons. The molecule has 0 aromatic heterocycles. The first-order valence-corrected chi connectivity index (χ1v) is 10.7. The SMILES string of the molecule is CCCNC(=O)[C@@H](C)N(Cc1ccccc1C)C(=O)CCc1ccc(CC)cc1. The highest BCUT2D eigenvalue weighted by molar-refractivity contribution is 5.87. The van der Waals surface area contributed by atoms with E-state index in [0.29, 0.717) is 25.9 Å². The van der Waals surface area contributed by atoms with Crippen LogP contribution in [0.3, 0.4) is 0 Å². The van der Waals surface area contributed by atoms with Gasteiger partial charge < -0.3 is 10.2 Å². The second kappa shape index (κ2) is 11.4. The van der Waals surface area contributed by atoms with E-state index in [4.69, 9.17) is 0 Å². The van der Waals surface area contributed by atoms with Crippen LogP contribution in [-0.2, 0) is 29.0 Å². The molecule has 0 saturated carbocycles. The second-order valence-electron chi connectivity index (χ2n) is 7.59. The van der Waals surface area contributed by atoms with E-state index < -0.39 is 6.04 Å². The fraction of sp³-hybridized carbons (Fsp3) is 0.440. The van der Waals surface area contributed by atoms with Gasteiger partial charge in [0, 0.05) is 19.5 Å². The first-order valence-electron chi connectivity index (χ1n) is 10.7. The average molecular weight is 395 g/mol. The number of hydrogen-bond acceptors (Lipinski definition) is 2. The number of carbonyl (C=O) groups is 2. The molecule has 0 saturated heterocycles. The van der Waals surface area contributed by atoms with E-state index in [9.17, 15) is 9.59 Å². The summed E-state index contributed by atoms with van der Waals surface area (Å²) in [4.78, 5) is 27.4. The van der Waals surface area contributed by atoms with E-state index in [2.05, 4.69) is 36.5 Å². The van der Waals surface area contributed by atoms with Gasteiger partial charge in [-0.2, -0.15) is 0 Å². The van der Waals surface area contributed by atoms with E-state index in [1.807, 2.05) is 45.0 Å². The first kappa shape index (κ1) is 22.7. The Labute approximate surface area is 175 Å². The number of carbonyl (C=O) groups excluding carboxylic acids is 2. The Morgan fingerprint density at radius 2 is 1.66 bits per heavy atom. The Hall–Kier alpha value is -2.62. The first-order chi connectivity index (χ1) is 14.0. The van der Waals surface area contributed by atoms with Crippen molar-refractivity contribution >= 4 is 11.8 Å². The summed E-state index contributed by atoms with van der Waals surface area (Å²) in [6.07, 6.45) is 2.95. The molecule has 2 aromatic rings. The lowest BCUT2D eigenvalue weighted by molar-refractivity contribution is -0.140. The third kappa shape index (κ3) is 6.74. The molecule has 4 heteroatoms. The van der Waals surface area contributed by atoms with Crippen molar-refractivity contribution in [1.29, 1.82) is 0 Å². The number of aryl methyl sites for hydroxylation is 3. The molecule has 156 valence electrons. The minimum absolute atomic E-state index is 0.00645. The van der Waals surface area contributed by atoms with Gasteiger partial charge in [0.05, 0.1) is 0 Å². The van der Waals surface area contributed by atoms with Gasteiger partial charge in [-0.25, -0.2) is 0 Å². The topological polar surface area (TPSA) is 49.4 Å². The zero-order valence-corrected chi connectivity index (χ0v) is 18.2. The highest BCUT2D eigenvalue weighted by Gasteiger charge is 2.26. The lowest BCUT2D eigenvalue weighted by Crippen LogP contribution is -2.47. The van der Waals surface area contributed by atoms with Gasteiger partial charge in [0.15, 0.2) is 0 Å². The van der Waals surface area contributed by atoms with Crippen molar-refractivity contribution < 1.29 is 9.59 Å². The number of nitrogens with zero attached hydrogens (tertiary/aromatic N) is 1. The van der Waals surface area contributed by atoms with Crippen LogP contribution >= 0.6 is 0 Å². The van der Waals surface area contributed by atoms with Crippen molar-refractivity contribution in [2.24, 2.45) is 0 Å². The fourth-order valence-corrected chi connectivity index (χ4v) is 3.29. The molecule has 0 heterocycles. The molecular formula is C25H34N2O2. The molecule has 0 unspecified atom stereocenters. The maximum Gasteiger partial charge on any atom is 0.242 e. The van der Waals surface area contributed by atoms with Gasteiger partial charge in [0.25, 0.3) is 0 Å². The maximum atomic E-state index is 13.1. The number of hydrogen-bond donors (Lipinski definition) is 1. The van der Waals surface area contributed by atoms with E-state index >= 15 is 0 Å². The van der Waals surface area contributed by atoms with Gasteiger partial charge in [-0.15, -0.1) is 0 Å². The maximum absolute atomic E-state index is 13.1. The summed E-state index contributed by atoms with van der Waals surface area (Å²) in [5, 5.41) is 2.92. The van der Waals surface area contributed by atoms with Crippen LogP contribution in [0.2, 0.25) is 0 Å². The van der Waals surface area contributed by atoms with Gasteiger partial charge >= 0.3 is 0 Å². The number of rotatable bonds is 10. The van der Waals surface area contributed by atoms with Crippen LogP contribution in [0.5, 0.6) is 0 Å². The summed E-state index contributed by atoms with van der Waals surface area (Å²) in [6, 6.07) is 15.9. The second-order valence-corrected chi connectivity index (χ2v) is 7.59. The molecule has 0 aliphatic carbocycles. The molecule has 2 rings (SSSR count). The number of amides is 2. The van der Waals surface area contributed by atoms with Gasteiger partial charge in [-0.1, -0.05) is 62.4 Å². The van der Waals surface area contributed by atoms with Gasteiger partial charge in [0.1, 0.15) is 6.04 Å². The normalized spacial score (nSPS) is 11.7. The predicted molar refractivity (Wildman–Crippen MR) is 119 cm³/mol. The highest BCUT2D eigenvalue weighted by atomic mass is 16.2. The van der Waals surface area contributed by atoms with Crippen LogP contribution < -0.4 is 5.32 Å². The zero-order valence-electron chi connectivity index (χ0n) is 18.2. The largest absolute Gasteiger partial charge is 0.354 e.